The molecule has 0 bridgehead atoms. The lowest BCUT2D eigenvalue weighted by Crippen LogP contribution is -2.38. The zero-order valence-corrected chi connectivity index (χ0v) is 18.2. The zero-order valence-electron chi connectivity index (χ0n) is 17.5. The third-order valence-corrected chi connectivity index (χ3v) is 5.77. The molecule has 1 aliphatic rings. The van der Waals surface area contributed by atoms with Gasteiger partial charge in [0.1, 0.15) is 11.5 Å². The Balaban J connectivity index is 1.79. The Kier molecular flexibility index (Phi) is 7.96. The van der Waals surface area contributed by atoms with Crippen LogP contribution in [-0.2, 0) is 11.2 Å². The van der Waals surface area contributed by atoms with Gasteiger partial charge in [0.15, 0.2) is 0 Å². The largest absolute Gasteiger partial charge is 0.495 e. The molecule has 162 valence electrons. The van der Waals surface area contributed by atoms with Crippen LogP contribution in [-0.4, -0.2) is 49.8 Å². The maximum Gasteiger partial charge on any atom is 0.238 e. The first-order chi connectivity index (χ1) is 14.6. The summed E-state index contributed by atoms with van der Waals surface area (Å²) in [5, 5.41) is 12.7. The monoisotopic (exact) mass is 432 g/mol. The number of rotatable bonds is 9. The highest BCUT2D eigenvalue weighted by Crippen LogP contribution is 2.37. The predicted molar refractivity (Wildman–Crippen MR) is 119 cm³/mol. The second kappa shape index (κ2) is 10.7. The Morgan fingerprint density at radius 1 is 1.23 bits per heavy atom. The molecule has 7 heteroatoms. The van der Waals surface area contributed by atoms with Crippen LogP contribution in [0.3, 0.4) is 0 Å². The van der Waals surface area contributed by atoms with Gasteiger partial charge in [-0.05, 0) is 36.8 Å². The summed E-state index contributed by atoms with van der Waals surface area (Å²) in [5.74, 6) is 0.781. The van der Waals surface area contributed by atoms with Crippen LogP contribution < -0.4 is 14.8 Å². The van der Waals surface area contributed by atoms with E-state index in [1.807, 2.05) is 6.07 Å². The Bertz CT molecular complexity index is 874. The number of ether oxygens (including phenoxy) is 2. The molecule has 0 radical (unpaired) electrons. The average molecular weight is 433 g/mol. The molecule has 1 amide bonds. The first-order valence-corrected chi connectivity index (χ1v) is 10.6. The van der Waals surface area contributed by atoms with Crippen molar-refractivity contribution >= 4 is 23.2 Å². The van der Waals surface area contributed by atoms with Gasteiger partial charge in [0.25, 0.3) is 0 Å². The fraction of sp³-hybridized carbons (Fsp3) is 0.435. The number of aliphatic hydroxyl groups is 1. The van der Waals surface area contributed by atoms with Crippen molar-refractivity contribution in [3.05, 3.63) is 52.5 Å². The lowest BCUT2D eigenvalue weighted by molar-refractivity contribution is -0.118. The lowest BCUT2D eigenvalue weighted by Gasteiger charge is -2.35. The molecule has 2 aromatic rings. The molecule has 1 atom stereocenters. The van der Waals surface area contributed by atoms with Crippen molar-refractivity contribution in [3.63, 3.8) is 0 Å². The Morgan fingerprint density at radius 2 is 2.00 bits per heavy atom. The predicted octanol–water partition coefficient (Wildman–Crippen LogP) is 4.06. The van der Waals surface area contributed by atoms with E-state index < -0.39 is 0 Å². The minimum atomic E-state index is -0.154. The van der Waals surface area contributed by atoms with Crippen LogP contribution in [0.4, 0.5) is 5.69 Å². The van der Waals surface area contributed by atoms with Gasteiger partial charge < -0.3 is 19.9 Å². The number of anilines is 1. The van der Waals surface area contributed by atoms with Gasteiger partial charge in [-0.2, -0.15) is 0 Å². The molecule has 0 unspecified atom stereocenters. The van der Waals surface area contributed by atoms with Crippen molar-refractivity contribution < 1.29 is 19.4 Å². The summed E-state index contributed by atoms with van der Waals surface area (Å²) >= 11 is 6.16. The van der Waals surface area contributed by atoms with Crippen LogP contribution in [0.1, 0.15) is 36.4 Å². The molecule has 0 saturated carbocycles. The van der Waals surface area contributed by atoms with Crippen molar-refractivity contribution in [3.8, 4) is 11.5 Å². The minimum Gasteiger partial charge on any atom is -0.495 e. The van der Waals surface area contributed by atoms with E-state index >= 15 is 0 Å². The van der Waals surface area contributed by atoms with Crippen LogP contribution >= 0.6 is 11.6 Å². The molecule has 0 aliphatic heterocycles. The first-order valence-electron chi connectivity index (χ1n) is 10.2. The van der Waals surface area contributed by atoms with E-state index in [1.54, 1.807) is 12.1 Å². The summed E-state index contributed by atoms with van der Waals surface area (Å²) in [5.41, 5.74) is 3.13. The quantitative estimate of drug-likeness (QED) is 0.625. The number of aryl methyl sites for hydroxylation is 1. The fourth-order valence-electron chi connectivity index (χ4n) is 4.06. The standard InChI is InChI=1S/C23H29ClN2O4/c1-29-21-14-19(22(30-2)13-18(21)24)25-23(28)15-26(11-6-12-27)20-10-5-8-16-7-3-4-9-17(16)20/h3-4,7,9,13-14,20,27H,5-6,8,10-12,15H2,1-2H3,(H,25,28)/t20-/m0/s1. The Morgan fingerprint density at radius 3 is 2.73 bits per heavy atom. The number of halogens is 1. The molecule has 0 saturated heterocycles. The van der Waals surface area contributed by atoms with E-state index in [1.165, 1.54) is 25.3 Å². The Hall–Kier alpha value is -2.28. The second-order valence-corrected chi connectivity index (χ2v) is 7.80. The van der Waals surface area contributed by atoms with Crippen molar-refractivity contribution in [1.82, 2.24) is 4.90 Å². The van der Waals surface area contributed by atoms with Crippen LogP contribution in [0.2, 0.25) is 5.02 Å². The van der Waals surface area contributed by atoms with Crippen LogP contribution in [0.25, 0.3) is 0 Å². The molecular formula is C23H29ClN2O4. The third kappa shape index (κ3) is 5.25. The number of aliphatic hydroxyl groups excluding tert-OH is 1. The highest BCUT2D eigenvalue weighted by atomic mass is 35.5. The van der Waals surface area contributed by atoms with Gasteiger partial charge in [0, 0.05) is 31.3 Å². The van der Waals surface area contributed by atoms with Crippen molar-refractivity contribution in [2.75, 3.05) is 39.2 Å². The van der Waals surface area contributed by atoms with Crippen molar-refractivity contribution in [2.24, 2.45) is 0 Å². The Labute approximate surface area is 182 Å². The molecule has 0 spiro atoms. The van der Waals surface area contributed by atoms with E-state index in [-0.39, 0.29) is 25.1 Å². The fourth-order valence-corrected chi connectivity index (χ4v) is 4.29. The van der Waals surface area contributed by atoms with E-state index in [2.05, 4.69) is 28.4 Å². The number of nitrogens with zero attached hydrogens (tertiary/aromatic N) is 1. The third-order valence-electron chi connectivity index (χ3n) is 5.48. The van der Waals surface area contributed by atoms with E-state index in [4.69, 9.17) is 21.1 Å². The van der Waals surface area contributed by atoms with Gasteiger partial charge in [0.2, 0.25) is 5.91 Å². The number of methoxy groups -OCH3 is 2. The summed E-state index contributed by atoms with van der Waals surface area (Å²) in [7, 11) is 3.05. The lowest BCUT2D eigenvalue weighted by atomic mass is 9.86. The molecule has 2 N–H and O–H groups in total. The molecule has 0 heterocycles. The van der Waals surface area contributed by atoms with E-state index in [0.29, 0.717) is 35.2 Å². The molecule has 1 aliphatic carbocycles. The van der Waals surface area contributed by atoms with Crippen LogP contribution in [0, 0.1) is 0 Å². The van der Waals surface area contributed by atoms with Gasteiger partial charge in [0.05, 0.1) is 31.5 Å². The molecule has 2 aromatic carbocycles. The van der Waals surface area contributed by atoms with E-state index in [9.17, 15) is 9.90 Å². The van der Waals surface area contributed by atoms with Gasteiger partial charge in [-0.3, -0.25) is 9.69 Å². The number of benzene rings is 2. The summed E-state index contributed by atoms with van der Waals surface area (Å²) in [4.78, 5) is 15.1. The summed E-state index contributed by atoms with van der Waals surface area (Å²) in [6.07, 6.45) is 3.76. The first kappa shape index (κ1) is 22.4. The van der Waals surface area contributed by atoms with Crippen molar-refractivity contribution in [2.45, 2.75) is 31.7 Å². The highest BCUT2D eigenvalue weighted by molar-refractivity contribution is 6.32. The molecular weight excluding hydrogens is 404 g/mol. The summed E-state index contributed by atoms with van der Waals surface area (Å²) in [6, 6.07) is 11.9. The van der Waals surface area contributed by atoms with Gasteiger partial charge in [-0.25, -0.2) is 0 Å². The van der Waals surface area contributed by atoms with E-state index in [0.717, 1.165) is 19.3 Å². The maximum atomic E-state index is 12.9. The molecule has 0 aromatic heterocycles. The van der Waals surface area contributed by atoms with Gasteiger partial charge in [-0.15, -0.1) is 0 Å². The molecule has 3 rings (SSSR count). The summed E-state index contributed by atoms with van der Waals surface area (Å²) < 4.78 is 10.6. The number of nitrogens with one attached hydrogen (secondary N) is 1. The number of hydrogen-bond donors (Lipinski definition) is 2. The SMILES string of the molecule is COc1cc(NC(=O)CN(CCCO)[C@H]2CCCc3ccccc32)c(OC)cc1Cl. The summed E-state index contributed by atoms with van der Waals surface area (Å²) in [6.45, 7) is 0.950. The molecule has 30 heavy (non-hydrogen) atoms. The van der Waals surface area contributed by atoms with Crippen LogP contribution in [0.5, 0.6) is 11.5 Å². The molecule has 0 fully saturated rings. The minimum absolute atomic E-state index is 0.0920. The van der Waals surface area contributed by atoms with Crippen molar-refractivity contribution in [1.29, 1.82) is 0 Å². The maximum absolute atomic E-state index is 12.9. The number of carbonyl (C=O) groups excluding carboxylic acids is 1. The smallest absolute Gasteiger partial charge is 0.238 e. The number of carbonyl (C=O) groups is 1. The van der Waals surface area contributed by atoms with Gasteiger partial charge in [-0.1, -0.05) is 35.9 Å². The number of amides is 1. The highest BCUT2D eigenvalue weighted by Gasteiger charge is 2.27. The number of fused-ring (bicyclic) bond motifs is 1. The molecule has 6 nitrogen and oxygen atoms in total. The van der Waals surface area contributed by atoms with Crippen LogP contribution in [0.15, 0.2) is 36.4 Å². The topological polar surface area (TPSA) is 71.0 Å². The second-order valence-electron chi connectivity index (χ2n) is 7.39. The normalized spacial score (nSPS) is 15.6. The number of hydrogen-bond acceptors (Lipinski definition) is 5. The average Bonchev–Trinajstić information content (AvgIpc) is 2.77. The zero-order chi connectivity index (χ0) is 21.5. The van der Waals surface area contributed by atoms with Gasteiger partial charge >= 0.3 is 0 Å².